The Kier molecular flexibility index (Phi) is 3.23. The Balaban J connectivity index is 1.34. The van der Waals surface area contributed by atoms with Crippen LogP contribution in [0.25, 0.3) is 16.6 Å². The zero-order valence-corrected chi connectivity index (χ0v) is 13.7. The molecule has 0 saturated heterocycles. The predicted octanol–water partition coefficient (Wildman–Crippen LogP) is 3.36. The van der Waals surface area contributed by atoms with Crippen LogP contribution in [-0.2, 0) is 0 Å². The summed E-state index contributed by atoms with van der Waals surface area (Å²) in [5, 5.41) is 5.09. The van der Waals surface area contributed by atoms with Crippen molar-refractivity contribution in [3.63, 3.8) is 0 Å². The molecule has 1 saturated carbocycles. The van der Waals surface area contributed by atoms with Gasteiger partial charge in [-0.1, -0.05) is 11.2 Å². The molecule has 1 fully saturated rings. The molecule has 6 heteroatoms. The number of pyridine rings is 1. The fourth-order valence-corrected chi connectivity index (χ4v) is 3.43. The molecule has 126 valence electrons. The second-order valence-electron chi connectivity index (χ2n) is 6.72. The van der Waals surface area contributed by atoms with Gasteiger partial charge >= 0.3 is 0 Å². The highest BCUT2D eigenvalue weighted by Crippen LogP contribution is 2.40. The van der Waals surface area contributed by atoms with Gasteiger partial charge in [-0.05, 0) is 37.0 Å². The topological polar surface area (TPSA) is 75.0 Å². The molecule has 0 radical (unpaired) electrons. The third-order valence-electron chi connectivity index (χ3n) is 5.02. The van der Waals surface area contributed by atoms with Crippen molar-refractivity contribution in [2.45, 2.75) is 25.2 Å². The summed E-state index contributed by atoms with van der Waals surface area (Å²) in [5.41, 5.74) is 3.75. The number of hydrogen-bond acceptors (Lipinski definition) is 4. The molecule has 6 nitrogen and oxygen atoms in total. The Morgan fingerprint density at radius 2 is 2.28 bits per heavy atom. The minimum atomic E-state index is -0.0495. The maximum absolute atomic E-state index is 12.6. The van der Waals surface area contributed by atoms with Crippen molar-refractivity contribution >= 4 is 22.5 Å². The first-order valence-electron chi connectivity index (χ1n) is 8.67. The summed E-state index contributed by atoms with van der Waals surface area (Å²) >= 11 is 0. The molecular formula is C19H18N4O2. The first kappa shape index (κ1) is 14.5. The molecule has 0 bridgehead atoms. The molecule has 0 atom stereocenters. The number of nitrogens with one attached hydrogen (secondary N) is 1. The predicted molar refractivity (Wildman–Crippen MR) is 93.1 cm³/mol. The number of H-pyrrole nitrogens is 1. The number of fused-ring (bicyclic) bond motifs is 1. The van der Waals surface area contributed by atoms with Gasteiger partial charge in [-0.3, -0.25) is 4.79 Å². The van der Waals surface area contributed by atoms with E-state index in [0.29, 0.717) is 24.7 Å². The molecule has 3 aromatic rings. The van der Waals surface area contributed by atoms with Crippen LogP contribution in [0.15, 0.2) is 41.2 Å². The number of hydrogen-bond donors (Lipinski definition) is 1. The molecule has 0 unspecified atom stereocenters. The molecule has 1 aliphatic heterocycles. The van der Waals surface area contributed by atoms with E-state index >= 15 is 0 Å². The highest BCUT2D eigenvalue weighted by Gasteiger charge is 2.30. The summed E-state index contributed by atoms with van der Waals surface area (Å²) < 4.78 is 5.30. The largest absolute Gasteiger partial charge is 0.360 e. The lowest BCUT2D eigenvalue weighted by Crippen LogP contribution is -2.34. The summed E-state index contributed by atoms with van der Waals surface area (Å²) in [6, 6.07) is 5.83. The van der Waals surface area contributed by atoms with E-state index in [9.17, 15) is 4.79 Å². The lowest BCUT2D eigenvalue weighted by Gasteiger charge is -2.25. The van der Waals surface area contributed by atoms with Crippen molar-refractivity contribution in [2.24, 2.45) is 0 Å². The fourth-order valence-electron chi connectivity index (χ4n) is 3.43. The van der Waals surface area contributed by atoms with E-state index in [2.05, 4.69) is 27.3 Å². The van der Waals surface area contributed by atoms with Gasteiger partial charge < -0.3 is 14.4 Å². The number of nitrogens with zero attached hydrogens (tertiary/aromatic N) is 3. The molecule has 2 aliphatic rings. The van der Waals surface area contributed by atoms with E-state index in [1.54, 1.807) is 6.20 Å². The third-order valence-corrected chi connectivity index (χ3v) is 5.02. The Hall–Kier alpha value is -2.89. The van der Waals surface area contributed by atoms with Crippen LogP contribution < -0.4 is 0 Å². The van der Waals surface area contributed by atoms with Crippen LogP contribution >= 0.6 is 0 Å². The second kappa shape index (κ2) is 5.58. The van der Waals surface area contributed by atoms with Gasteiger partial charge in [-0.2, -0.15) is 0 Å². The van der Waals surface area contributed by atoms with Crippen molar-refractivity contribution in [1.82, 2.24) is 20.0 Å². The van der Waals surface area contributed by atoms with Crippen LogP contribution in [0.4, 0.5) is 0 Å². The monoisotopic (exact) mass is 334 g/mol. The molecule has 0 spiro atoms. The van der Waals surface area contributed by atoms with Crippen LogP contribution in [0.1, 0.15) is 47.0 Å². The van der Waals surface area contributed by atoms with Gasteiger partial charge in [0.2, 0.25) is 0 Å². The molecule has 0 aromatic carbocycles. The van der Waals surface area contributed by atoms with Crippen LogP contribution in [-0.4, -0.2) is 39.0 Å². The van der Waals surface area contributed by atoms with Gasteiger partial charge in [0.25, 0.3) is 5.91 Å². The molecule has 1 aliphatic carbocycles. The van der Waals surface area contributed by atoms with E-state index in [1.165, 1.54) is 11.1 Å². The zero-order valence-electron chi connectivity index (χ0n) is 13.7. The number of carbonyl (C=O) groups is 1. The van der Waals surface area contributed by atoms with Gasteiger partial charge in [-0.15, -0.1) is 0 Å². The Morgan fingerprint density at radius 1 is 1.36 bits per heavy atom. The summed E-state index contributed by atoms with van der Waals surface area (Å²) in [6.07, 6.45) is 9.00. The van der Waals surface area contributed by atoms with Crippen LogP contribution in [0.2, 0.25) is 0 Å². The van der Waals surface area contributed by atoms with Gasteiger partial charge in [0.05, 0.1) is 0 Å². The summed E-state index contributed by atoms with van der Waals surface area (Å²) in [7, 11) is 0. The smallest absolute Gasteiger partial charge is 0.276 e. The first-order valence-corrected chi connectivity index (χ1v) is 8.67. The maximum atomic E-state index is 12.6. The number of aromatic amines is 1. The maximum Gasteiger partial charge on any atom is 0.276 e. The summed E-state index contributed by atoms with van der Waals surface area (Å²) in [5.74, 6) is 1.27. The molecule has 4 heterocycles. The Morgan fingerprint density at radius 3 is 3.08 bits per heavy atom. The molecule has 1 amide bonds. The van der Waals surface area contributed by atoms with Gasteiger partial charge in [-0.25, -0.2) is 4.98 Å². The average molecular weight is 334 g/mol. The van der Waals surface area contributed by atoms with Crippen molar-refractivity contribution in [2.75, 3.05) is 13.1 Å². The molecule has 5 rings (SSSR count). The van der Waals surface area contributed by atoms with Crippen LogP contribution in [0.5, 0.6) is 0 Å². The number of aromatic nitrogens is 3. The quantitative estimate of drug-likeness (QED) is 0.797. The van der Waals surface area contributed by atoms with E-state index in [4.69, 9.17) is 4.52 Å². The van der Waals surface area contributed by atoms with Crippen LogP contribution in [0.3, 0.4) is 0 Å². The molecule has 1 N–H and O–H groups in total. The van der Waals surface area contributed by atoms with E-state index in [-0.39, 0.29) is 5.91 Å². The standard InChI is InChI=1S/C19H18N4O2/c24-19(16-10-17(25-22-16)13-3-4-13)23-8-5-12(6-9-23)15-11-21-18-14(15)2-1-7-20-18/h1-2,5,7,10-11,13H,3-4,6,8-9H2,(H,20,21). The number of carbonyl (C=O) groups excluding carboxylic acids is 1. The normalized spacial score (nSPS) is 17.8. The summed E-state index contributed by atoms with van der Waals surface area (Å²) in [4.78, 5) is 22.0. The van der Waals surface area contributed by atoms with Gasteiger partial charge in [0, 0.05) is 48.4 Å². The molecule has 3 aromatic heterocycles. The van der Waals surface area contributed by atoms with Crippen LogP contribution in [0, 0.1) is 0 Å². The lowest BCUT2D eigenvalue weighted by molar-refractivity contribution is 0.0762. The highest BCUT2D eigenvalue weighted by atomic mass is 16.5. The fraction of sp³-hybridized carbons (Fsp3) is 0.316. The van der Waals surface area contributed by atoms with Crippen molar-refractivity contribution in [3.8, 4) is 0 Å². The van der Waals surface area contributed by atoms with E-state index < -0.39 is 0 Å². The number of rotatable bonds is 3. The van der Waals surface area contributed by atoms with Crippen molar-refractivity contribution in [1.29, 1.82) is 0 Å². The van der Waals surface area contributed by atoms with Crippen molar-refractivity contribution in [3.05, 3.63) is 53.7 Å². The molecule has 25 heavy (non-hydrogen) atoms. The third kappa shape index (κ3) is 2.54. The average Bonchev–Trinajstić information content (AvgIpc) is 3.23. The van der Waals surface area contributed by atoms with E-state index in [1.807, 2.05) is 23.2 Å². The minimum absolute atomic E-state index is 0.0495. The zero-order chi connectivity index (χ0) is 16.8. The second-order valence-corrected chi connectivity index (χ2v) is 6.72. The molecular weight excluding hydrogens is 316 g/mol. The summed E-state index contributed by atoms with van der Waals surface area (Å²) in [6.45, 7) is 1.27. The Bertz CT molecular complexity index is 980. The van der Waals surface area contributed by atoms with Gasteiger partial charge in [0.15, 0.2) is 5.69 Å². The highest BCUT2D eigenvalue weighted by molar-refractivity contribution is 5.94. The Labute approximate surface area is 144 Å². The van der Waals surface area contributed by atoms with Crippen molar-refractivity contribution < 1.29 is 9.32 Å². The lowest BCUT2D eigenvalue weighted by atomic mass is 9.99. The van der Waals surface area contributed by atoms with E-state index in [0.717, 1.165) is 36.1 Å². The SMILES string of the molecule is O=C(c1cc(C2CC2)on1)N1CC=C(c2c[nH]c3ncccc23)CC1. The van der Waals surface area contributed by atoms with Gasteiger partial charge in [0.1, 0.15) is 11.4 Å². The minimum Gasteiger partial charge on any atom is -0.360 e. The first-order chi connectivity index (χ1) is 12.3. The number of amides is 1.